The van der Waals surface area contributed by atoms with Crippen molar-refractivity contribution in [3.05, 3.63) is 275 Å². The standard InChI is InChI=1S/C81H82BN/c1-76(2,3)61-43-57(44-62(49-61)77(4,5)6)55-39-41-68-70(47-55)82-71-48-56(58-45-63(78(7,8)9)50-64(46-58)79(10,11)12)40-42-72(71)83(75-66(53-29-20-16-21-30-53)37-28-38-67(75)54-31-22-17-23-32-54)73-52-65(80(13,14)15)51-69(74(73)82)81(68,59-33-24-18-25-34-59)60-35-26-19-27-36-60/h16-52H,1-15H3. The molecule has 0 bridgehead atoms. The van der Waals surface area contributed by atoms with Gasteiger partial charge >= 0.3 is 0 Å². The molecule has 0 spiro atoms. The predicted octanol–water partition coefficient (Wildman–Crippen LogP) is 19.8. The van der Waals surface area contributed by atoms with Crippen LogP contribution < -0.4 is 21.3 Å². The minimum absolute atomic E-state index is 0.0491. The summed E-state index contributed by atoms with van der Waals surface area (Å²) in [5.41, 5.74) is 28.0. The lowest BCUT2D eigenvalue weighted by Crippen LogP contribution is -2.65. The average molecular weight is 1080 g/mol. The maximum atomic E-state index is 2.71. The third-order valence-electron chi connectivity index (χ3n) is 18.1. The van der Waals surface area contributed by atoms with Gasteiger partial charge in [0.1, 0.15) is 0 Å². The van der Waals surface area contributed by atoms with Crippen LogP contribution in [0.1, 0.15) is 154 Å². The number of fused-ring (bicyclic) bond motifs is 4. The predicted molar refractivity (Wildman–Crippen MR) is 359 cm³/mol. The zero-order valence-corrected chi connectivity index (χ0v) is 51.9. The van der Waals surface area contributed by atoms with Crippen molar-refractivity contribution in [1.29, 1.82) is 0 Å². The van der Waals surface area contributed by atoms with Crippen molar-refractivity contribution in [2.24, 2.45) is 0 Å². The Balaban J connectivity index is 1.30. The number of hydrogen-bond donors (Lipinski definition) is 0. The summed E-state index contributed by atoms with van der Waals surface area (Å²) in [5.74, 6) is 0. The first-order valence-corrected chi connectivity index (χ1v) is 30.3. The van der Waals surface area contributed by atoms with Gasteiger partial charge in [-0.15, -0.1) is 0 Å². The number of para-hydroxylation sites is 1. The highest BCUT2D eigenvalue weighted by Crippen LogP contribution is 2.54. The van der Waals surface area contributed by atoms with Crippen LogP contribution in [0.5, 0.6) is 0 Å². The van der Waals surface area contributed by atoms with E-state index >= 15 is 0 Å². The number of rotatable bonds is 7. The molecule has 2 heterocycles. The molecule has 0 fully saturated rings. The van der Waals surface area contributed by atoms with Crippen LogP contribution >= 0.6 is 0 Å². The molecule has 2 aliphatic rings. The van der Waals surface area contributed by atoms with E-state index in [1.165, 1.54) is 128 Å². The lowest BCUT2D eigenvalue weighted by molar-refractivity contribution is 0.568. The summed E-state index contributed by atoms with van der Waals surface area (Å²) in [6.45, 7) is 35.3. The van der Waals surface area contributed by atoms with Crippen molar-refractivity contribution in [2.45, 2.75) is 136 Å². The minimum Gasteiger partial charge on any atom is -0.310 e. The molecule has 0 aliphatic carbocycles. The second-order valence-corrected chi connectivity index (χ2v) is 29.1. The molecular weight excluding hydrogens is 998 g/mol. The molecular formula is C81H82BN. The fraction of sp³-hybridized carbons (Fsp3) is 0.259. The molecule has 0 amide bonds. The van der Waals surface area contributed by atoms with Crippen LogP contribution in [0.2, 0.25) is 0 Å². The van der Waals surface area contributed by atoms with Gasteiger partial charge in [-0.1, -0.05) is 322 Å². The van der Waals surface area contributed by atoms with E-state index in [0.717, 1.165) is 0 Å². The topological polar surface area (TPSA) is 3.24 Å². The molecule has 2 aliphatic heterocycles. The largest absolute Gasteiger partial charge is 0.310 e. The second-order valence-electron chi connectivity index (χ2n) is 29.1. The molecule has 0 unspecified atom stereocenters. The van der Waals surface area contributed by atoms with Gasteiger partial charge in [0.2, 0.25) is 6.71 Å². The van der Waals surface area contributed by atoms with Crippen LogP contribution in [-0.4, -0.2) is 6.71 Å². The molecule has 10 aromatic rings. The van der Waals surface area contributed by atoms with Crippen molar-refractivity contribution >= 4 is 40.2 Å². The van der Waals surface area contributed by atoms with Crippen LogP contribution in [0.25, 0.3) is 44.5 Å². The minimum atomic E-state index is -0.716. The van der Waals surface area contributed by atoms with Gasteiger partial charge in [0.25, 0.3) is 0 Å². The van der Waals surface area contributed by atoms with Gasteiger partial charge in [0.05, 0.1) is 11.1 Å². The van der Waals surface area contributed by atoms with Crippen LogP contribution in [-0.2, 0) is 32.5 Å². The normalized spacial score (nSPS) is 14.0. The molecule has 83 heavy (non-hydrogen) atoms. The van der Waals surface area contributed by atoms with Crippen LogP contribution in [0.4, 0.5) is 17.1 Å². The van der Waals surface area contributed by atoms with E-state index < -0.39 is 5.41 Å². The lowest BCUT2D eigenvalue weighted by Gasteiger charge is -2.49. The first kappa shape index (κ1) is 55.6. The quantitative estimate of drug-likeness (QED) is 0.144. The van der Waals surface area contributed by atoms with E-state index in [1.54, 1.807) is 0 Å². The molecule has 0 saturated carbocycles. The van der Waals surface area contributed by atoms with E-state index in [0.29, 0.717) is 0 Å². The smallest absolute Gasteiger partial charge is 0.247 e. The lowest BCUT2D eigenvalue weighted by atomic mass is 9.29. The summed E-state index contributed by atoms with van der Waals surface area (Å²) in [4.78, 5) is 2.71. The Morgan fingerprint density at radius 1 is 0.289 bits per heavy atom. The van der Waals surface area contributed by atoms with Crippen LogP contribution in [0.15, 0.2) is 224 Å². The summed E-state index contributed by atoms with van der Waals surface area (Å²) in [5, 5.41) is 0. The zero-order valence-electron chi connectivity index (χ0n) is 51.9. The van der Waals surface area contributed by atoms with Crippen molar-refractivity contribution in [2.75, 3.05) is 4.90 Å². The first-order chi connectivity index (χ1) is 39.3. The molecule has 0 N–H and O–H groups in total. The molecule has 0 radical (unpaired) electrons. The number of nitrogens with zero attached hydrogens (tertiary/aromatic N) is 1. The summed E-state index contributed by atoms with van der Waals surface area (Å²) in [7, 11) is 0. The Kier molecular flexibility index (Phi) is 13.5. The average Bonchev–Trinajstić information content (AvgIpc) is 1.15. The molecule has 0 saturated heterocycles. The van der Waals surface area contributed by atoms with Crippen molar-refractivity contribution in [1.82, 2.24) is 0 Å². The van der Waals surface area contributed by atoms with Crippen LogP contribution in [0, 0.1) is 0 Å². The van der Waals surface area contributed by atoms with Gasteiger partial charge in [-0.25, -0.2) is 0 Å². The molecule has 12 rings (SSSR count). The van der Waals surface area contributed by atoms with E-state index in [9.17, 15) is 0 Å². The Hall–Kier alpha value is -7.94. The molecule has 1 nitrogen and oxygen atoms in total. The Labute approximate surface area is 497 Å². The Morgan fingerprint density at radius 3 is 1.10 bits per heavy atom. The van der Waals surface area contributed by atoms with Crippen LogP contribution in [0.3, 0.4) is 0 Å². The number of benzene rings is 10. The molecule has 414 valence electrons. The maximum Gasteiger partial charge on any atom is 0.247 e. The van der Waals surface area contributed by atoms with Gasteiger partial charge in [0.15, 0.2) is 0 Å². The zero-order chi connectivity index (χ0) is 58.6. The molecule has 2 heteroatoms. The van der Waals surface area contributed by atoms with E-state index in [2.05, 4.69) is 333 Å². The van der Waals surface area contributed by atoms with Gasteiger partial charge in [-0.2, -0.15) is 0 Å². The number of hydrogen-bond acceptors (Lipinski definition) is 1. The highest BCUT2D eigenvalue weighted by atomic mass is 15.2. The second kappa shape index (κ2) is 20.2. The fourth-order valence-corrected chi connectivity index (χ4v) is 13.3. The van der Waals surface area contributed by atoms with Gasteiger partial charge < -0.3 is 4.90 Å². The maximum absolute atomic E-state index is 2.71. The van der Waals surface area contributed by atoms with E-state index in [-0.39, 0.29) is 33.8 Å². The summed E-state index contributed by atoms with van der Waals surface area (Å²) >= 11 is 0. The van der Waals surface area contributed by atoms with Crippen molar-refractivity contribution < 1.29 is 0 Å². The van der Waals surface area contributed by atoms with Crippen molar-refractivity contribution in [3.63, 3.8) is 0 Å². The fourth-order valence-electron chi connectivity index (χ4n) is 13.3. The van der Waals surface area contributed by atoms with Gasteiger partial charge in [-0.3, -0.25) is 0 Å². The van der Waals surface area contributed by atoms with Gasteiger partial charge in [0, 0.05) is 22.5 Å². The highest BCUT2D eigenvalue weighted by Gasteiger charge is 2.52. The van der Waals surface area contributed by atoms with E-state index in [4.69, 9.17) is 0 Å². The molecule has 0 aromatic heterocycles. The monoisotopic (exact) mass is 1080 g/mol. The van der Waals surface area contributed by atoms with E-state index in [1.807, 2.05) is 0 Å². The highest BCUT2D eigenvalue weighted by molar-refractivity contribution is 6.99. The third kappa shape index (κ3) is 9.80. The Bertz CT molecular complexity index is 3910. The molecule has 0 atom stereocenters. The Morgan fingerprint density at radius 2 is 0.675 bits per heavy atom. The van der Waals surface area contributed by atoms with Crippen molar-refractivity contribution in [3.8, 4) is 44.5 Å². The third-order valence-corrected chi connectivity index (χ3v) is 18.1. The first-order valence-electron chi connectivity index (χ1n) is 30.3. The van der Waals surface area contributed by atoms with Gasteiger partial charge in [-0.05, 0) is 134 Å². The summed E-state index contributed by atoms with van der Waals surface area (Å²) < 4.78 is 0. The SMILES string of the molecule is CC(C)(C)c1cc(-c2ccc3c(c2)B2c4cc(-c5cc(C(C)(C)C)cc(C(C)(C)C)c5)ccc4C(c4ccccc4)(c4ccccc4)c4cc(C(C)(C)C)cc(c42)N3c2c(-c3ccccc3)cccc2-c2ccccc2)cc(C(C)(C)C)c1. The number of anilines is 3. The summed E-state index contributed by atoms with van der Waals surface area (Å²) in [6.07, 6.45) is 0. The summed E-state index contributed by atoms with van der Waals surface area (Å²) in [6, 6.07) is 87.2. The molecule has 10 aromatic carbocycles.